The van der Waals surface area contributed by atoms with Crippen LogP contribution in [0.4, 0.5) is 0 Å². The lowest BCUT2D eigenvalue weighted by molar-refractivity contribution is 0.345. The van der Waals surface area contributed by atoms with E-state index in [9.17, 15) is 0 Å². The van der Waals surface area contributed by atoms with E-state index in [1.54, 1.807) is 0 Å². The average molecular weight is 174 g/mol. The zero-order valence-corrected chi connectivity index (χ0v) is 8.03. The predicted molar refractivity (Wildman–Crippen MR) is 53.5 cm³/mol. The highest BCUT2D eigenvalue weighted by atomic mass is 16.6. The van der Waals surface area contributed by atoms with Crippen LogP contribution < -0.4 is 0 Å². The summed E-state index contributed by atoms with van der Waals surface area (Å²) in [6.45, 7) is 4.14. The maximum absolute atomic E-state index is 5.64. The zero-order valence-electron chi connectivity index (χ0n) is 8.03. The second-order valence-corrected chi connectivity index (χ2v) is 3.59. The van der Waals surface area contributed by atoms with Crippen LogP contribution in [-0.2, 0) is 4.74 Å². The van der Waals surface area contributed by atoms with Crippen molar-refractivity contribution in [2.75, 3.05) is 0 Å². The molecule has 68 valence electrons. The van der Waals surface area contributed by atoms with E-state index in [0.717, 1.165) is 0 Å². The number of hydrogen-bond donors (Lipinski definition) is 0. The SMILES string of the molecule is C/C=C/[C@]1(C)O[C@H]1c1ccccc1. The first-order valence-corrected chi connectivity index (χ1v) is 4.63. The molecule has 1 aliphatic heterocycles. The van der Waals surface area contributed by atoms with Crippen molar-refractivity contribution < 1.29 is 4.74 Å². The van der Waals surface area contributed by atoms with Gasteiger partial charge in [-0.05, 0) is 19.4 Å². The summed E-state index contributed by atoms with van der Waals surface area (Å²) >= 11 is 0. The number of benzene rings is 1. The Bertz CT molecular complexity index is 315. The molecule has 1 aromatic carbocycles. The molecule has 1 aromatic rings. The summed E-state index contributed by atoms with van der Waals surface area (Å²) in [5.74, 6) is 0. The number of rotatable bonds is 2. The second-order valence-electron chi connectivity index (χ2n) is 3.59. The van der Waals surface area contributed by atoms with Crippen LogP contribution in [0.25, 0.3) is 0 Å². The van der Waals surface area contributed by atoms with E-state index in [4.69, 9.17) is 4.74 Å². The van der Waals surface area contributed by atoms with Crippen molar-refractivity contribution in [3.05, 3.63) is 48.0 Å². The molecular weight excluding hydrogens is 160 g/mol. The van der Waals surface area contributed by atoms with Gasteiger partial charge in [0.1, 0.15) is 11.7 Å². The van der Waals surface area contributed by atoms with Crippen molar-refractivity contribution in [1.82, 2.24) is 0 Å². The summed E-state index contributed by atoms with van der Waals surface area (Å²) in [4.78, 5) is 0. The third kappa shape index (κ3) is 1.52. The van der Waals surface area contributed by atoms with Gasteiger partial charge in [0, 0.05) is 0 Å². The summed E-state index contributed by atoms with van der Waals surface area (Å²) in [6, 6.07) is 10.3. The Kier molecular flexibility index (Phi) is 1.97. The van der Waals surface area contributed by atoms with Gasteiger partial charge < -0.3 is 4.74 Å². The number of allylic oxidation sites excluding steroid dienone is 1. The minimum atomic E-state index is -0.0594. The predicted octanol–water partition coefficient (Wildman–Crippen LogP) is 3.09. The minimum absolute atomic E-state index is 0.0594. The van der Waals surface area contributed by atoms with Crippen LogP contribution in [0.5, 0.6) is 0 Å². The highest BCUT2D eigenvalue weighted by Gasteiger charge is 2.50. The third-order valence-corrected chi connectivity index (χ3v) is 2.44. The summed E-state index contributed by atoms with van der Waals surface area (Å²) in [5, 5.41) is 0. The Labute approximate surface area is 79.0 Å². The molecule has 0 bridgehead atoms. The molecule has 1 fully saturated rings. The van der Waals surface area contributed by atoms with Crippen molar-refractivity contribution in [1.29, 1.82) is 0 Å². The Hall–Kier alpha value is -1.08. The van der Waals surface area contributed by atoms with Gasteiger partial charge in [-0.25, -0.2) is 0 Å². The second kappa shape index (κ2) is 3.00. The van der Waals surface area contributed by atoms with Gasteiger partial charge in [0.05, 0.1) is 0 Å². The topological polar surface area (TPSA) is 12.5 Å². The third-order valence-electron chi connectivity index (χ3n) is 2.44. The molecular formula is C12H14O. The van der Waals surface area contributed by atoms with Gasteiger partial charge in [0.2, 0.25) is 0 Å². The number of epoxide rings is 1. The van der Waals surface area contributed by atoms with E-state index in [1.807, 2.05) is 31.2 Å². The summed E-state index contributed by atoms with van der Waals surface area (Å²) < 4.78 is 5.64. The molecule has 1 saturated heterocycles. The van der Waals surface area contributed by atoms with Crippen LogP contribution in [0.1, 0.15) is 25.5 Å². The molecule has 0 saturated carbocycles. The largest absolute Gasteiger partial charge is 0.357 e. The van der Waals surface area contributed by atoms with Crippen LogP contribution >= 0.6 is 0 Å². The smallest absolute Gasteiger partial charge is 0.116 e. The zero-order chi connectivity index (χ0) is 9.31. The maximum Gasteiger partial charge on any atom is 0.116 e. The monoisotopic (exact) mass is 174 g/mol. The van der Waals surface area contributed by atoms with E-state index in [2.05, 4.69) is 25.1 Å². The molecule has 2 atom stereocenters. The molecule has 1 aliphatic rings. The Morgan fingerprint density at radius 1 is 1.31 bits per heavy atom. The molecule has 0 aliphatic carbocycles. The standard InChI is InChI=1S/C12H14O/c1-3-9-12(2)11(13-12)10-7-5-4-6-8-10/h3-9,11H,1-2H3/b9-3+/t11-,12-/m0/s1. The van der Waals surface area contributed by atoms with Gasteiger partial charge >= 0.3 is 0 Å². The maximum atomic E-state index is 5.64. The quantitative estimate of drug-likeness (QED) is 0.496. The molecule has 0 N–H and O–H groups in total. The summed E-state index contributed by atoms with van der Waals surface area (Å²) in [5.41, 5.74) is 1.21. The number of hydrogen-bond acceptors (Lipinski definition) is 1. The fourth-order valence-electron chi connectivity index (χ4n) is 1.70. The lowest BCUT2D eigenvalue weighted by atomic mass is 10.0. The summed E-state index contributed by atoms with van der Waals surface area (Å²) in [7, 11) is 0. The van der Waals surface area contributed by atoms with Gasteiger partial charge in [0.15, 0.2) is 0 Å². The molecule has 0 radical (unpaired) electrons. The fraction of sp³-hybridized carbons (Fsp3) is 0.333. The fourth-order valence-corrected chi connectivity index (χ4v) is 1.70. The first-order chi connectivity index (χ1) is 6.26. The van der Waals surface area contributed by atoms with Crippen LogP contribution in [0.2, 0.25) is 0 Å². The van der Waals surface area contributed by atoms with Gasteiger partial charge in [-0.1, -0.05) is 42.5 Å². The van der Waals surface area contributed by atoms with Gasteiger partial charge in [-0.15, -0.1) is 0 Å². The average Bonchev–Trinajstić information content (AvgIpc) is 2.80. The lowest BCUT2D eigenvalue weighted by Gasteiger charge is -1.97. The minimum Gasteiger partial charge on any atom is -0.357 e. The number of ether oxygens (including phenoxy) is 1. The van der Waals surface area contributed by atoms with Crippen LogP contribution in [0.3, 0.4) is 0 Å². The van der Waals surface area contributed by atoms with Crippen LogP contribution in [0, 0.1) is 0 Å². The Balaban J connectivity index is 2.16. The highest BCUT2D eigenvalue weighted by Crippen LogP contribution is 2.50. The molecule has 0 unspecified atom stereocenters. The first-order valence-electron chi connectivity index (χ1n) is 4.63. The van der Waals surface area contributed by atoms with E-state index in [1.165, 1.54) is 5.56 Å². The van der Waals surface area contributed by atoms with Crippen molar-refractivity contribution in [3.63, 3.8) is 0 Å². The summed E-state index contributed by atoms with van der Waals surface area (Å²) in [6.07, 6.45) is 4.41. The molecule has 1 heterocycles. The highest BCUT2D eigenvalue weighted by molar-refractivity contribution is 5.29. The van der Waals surface area contributed by atoms with Crippen molar-refractivity contribution in [2.45, 2.75) is 25.6 Å². The first kappa shape index (κ1) is 8.52. The van der Waals surface area contributed by atoms with Gasteiger partial charge in [-0.3, -0.25) is 0 Å². The molecule has 13 heavy (non-hydrogen) atoms. The molecule has 0 aromatic heterocycles. The Morgan fingerprint density at radius 2 is 2.00 bits per heavy atom. The van der Waals surface area contributed by atoms with E-state index in [0.29, 0.717) is 0 Å². The van der Waals surface area contributed by atoms with E-state index in [-0.39, 0.29) is 11.7 Å². The van der Waals surface area contributed by atoms with Gasteiger partial charge in [0.25, 0.3) is 0 Å². The molecule has 0 amide bonds. The van der Waals surface area contributed by atoms with E-state index < -0.39 is 0 Å². The van der Waals surface area contributed by atoms with Crippen molar-refractivity contribution in [2.24, 2.45) is 0 Å². The van der Waals surface area contributed by atoms with Crippen LogP contribution in [0.15, 0.2) is 42.5 Å². The molecule has 1 nitrogen and oxygen atoms in total. The molecule has 0 spiro atoms. The van der Waals surface area contributed by atoms with E-state index >= 15 is 0 Å². The Morgan fingerprint density at radius 3 is 2.62 bits per heavy atom. The van der Waals surface area contributed by atoms with Crippen molar-refractivity contribution >= 4 is 0 Å². The van der Waals surface area contributed by atoms with Gasteiger partial charge in [-0.2, -0.15) is 0 Å². The van der Waals surface area contributed by atoms with Crippen molar-refractivity contribution in [3.8, 4) is 0 Å². The molecule has 2 rings (SSSR count). The van der Waals surface area contributed by atoms with Crippen LogP contribution in [-0.4, -0.2) is 5.60 Å². The lowest BCUT2D eigenvalue weighted by Crippen LogP contribution is -2.00. The normalized spacial score (nSPS) is 32.3. The molecule has 1 heteroatoms.